The maximum absolute atomic E-state index is 13.3. The molecule has 5 nitrogen and oxygen atoms in total. The molecule has 9 heteroatoms. The van der Waals surface area contributed by atoms with Crippen molar-refractivity contribution in [2.75, 3.05) is 14.2 Å². The monoisotopic (exact) mass is 441 g/mol. The lowest BCUT2D eigenvalue weighted by molar-refractivity contribution is -0.253. The van der Waals surface area contributed by atoms with Crippen molar-refractivity contribution in [1.82, 2.24) is 4.90 Å². The lowest BCUT2D eigenvalue weighted by atomic mass is 9.98. The number of likely N-dealkylation sites (tertiary alicyclic amines) is 1. The molecule has 2 aromatic carbocycles. The predicted molar refractivity (Wildman–Crippen MR) is 105 cm³/mol. The van der Waals surface area contributed by atoms with Crippen LogP contribution in [0.2, 0.25) is 0 Å². The van der Waals surface area contributed by atoms with Crippen molar-refractivity contribution in [2.45, 2.75) is 38.5 Å². The van der Waals surface area contributed by atoms with Gasteiger partial charge in [-0.15, -0.1) is 0 Å². The van der Waals surface area contributed by atoms with Crippen LogP contribution in [0.25, 0.3) is 0 Å². The Kier molecular flexibility index (Phi) is 6.62. The lowest BCUT2D eigenvalue weighted by Crippen LogP contribution is -2.33. The third-order valence-electron chi connectivity index (χ3n) is 5.22. The zero-order valence-electron chi connectivity index (χ0n) is 17.3. The van der Waals surface area contributed by atoms with Crippen LogP contribution in [0, 0.1) is 5.92 Å². The summed E-state index contributed by atoms with van der Waals surface area (Å²) in [5, 5.41) is 0. The summed E-state index contributed by atoms with van der Waals surface area (Å²) in [6.07, 6.45) is -8.06. The number of alkyl halides is 4. The first-order valence-electron chi connectivity index (χ1n) is 9.63. The van der Waals surface area contributed by atoms with E-state index in [1.54, 1.807) is 36.1 Å². The van der Waals surface area contributed by atoms with Gasteiger partial charge in [0.05, 0.1) is 25.8 Å². The van der Waals surface area contributed by atoms with E-state index in [-0.39, 0.29) is 24.4 Å². The molecule has 0 aliphatic carbocycles. The SMILES string of the molecule is COc1cccc(OC)c1C1CC(C)C(=O)N1Cc1cccc(OC(F)(F)C(F)F)c1. The summed E-state index contributed by atoms with van der Waals surface area (Å²) < 4.78 is 66.6. The second-order valence-corrected chi connectivity index (χ2v) is 7.31. The molecule has 1 aliphatic rings. The number of hydrogen-bond acceptors (Lipinski definition) is 4. The molecule has 2 aromatic rings. The molecular weight excluding hydrogens is 418 g/mol. The molecule has 1 heterocycles. The van der Waals surface area contributed by atoms with E-state index in [9.17, 15) is 22.4 Å². The molecule has 1 saturated heterocycles. The number of amides is 1. The number of halogens is 4. The third kappa shape index (κ3) is 4.70. The molecule has 0 N–H and O–H groups in total. The molecule has 1 amide bonds. The Morgan fingerprint density at radius 3 is 2.29 bits per heavy atom. The number of carbonyl (C=O) groups is 1. The van der Waals surface area contributed by atoms with Gasteiger partial charge in [0.1, 0.15) is 17.2 Å². The first kappa shape index (κ1) is 22.7. The highest BCUT2D eigenvalue weighted by molar-refractivity contribution is 5.82. The Morgan fingerprint density at radius 1 is 1.10 bits per heavy atom. The lowest BCUT2D eigenvalue weighted by Gasteiger charge is -2.28. The standard InChI is InChI=1S/C22H23F4NO4/c1-13-10-16(19-17(29-2)8-5-9-18(19)30-3)27(20(13)28)12-14-6-4-7-15(11-14)31-22(25,26)21(23)24/h4-9,11,13,16,21H,10,12H2,1-3H3. The number of benzene rings is 2. The summed E-state index contributed by atoms with van der Waals surface area (Å²) in [6.45, 7) is 1.88. The van der Waals surface area contributed by atoms with Crippen molar-refractivity contribution in [2.24, 2.45) is 5.92 Å². The molecule has 1 fully saturated rings. The maximum atomic E-state index is 13.3. The smallest absolute Gasteiger partial charge is 0.461 e. The largest absolute Gasteiger partial charge is 0.496 e. The number of carbonyl (C=O) groups excluding carboxylic acids is 1. The van der Waals surface area contributed by atoms with Gasteiger partial charge < -0.3 is 19.1 Å². The fourth-order valence-electron chi connectivity index (χ4n) is 3.78. The summed E-state index contributed by atoms with van der Waals surface area (Å²) in [6, 6.07) is 10.3. The second kappa shape index (κ2) is 9.03. The summed E-state index contributed by atoms with van der Waals surface area (Å²) in [5.74, 6) is 0.313. The fourth-order valence-corrected chi connectivity index (χ4v) is 3.78. The summed E-state index contributed by atoms with van der Waals surface area (Å²) in [4.78, 5) is 14.5. The minimum absolute atomic E-state index is 0.0759. The number of methoxy groups -OCH3 is 2. The van der Waals surface area contributed by atoms with Gasteiger partial charge in [0, 0.05) is 12.5 Å². The molecule has 1 aliphatic heterocycles. The topological polar surface area (TPSA) is 48.0 Å². The molecule has 0 spiro atoms. The van der Waals surface area contributed by atoms with Crippen LogP contribution in [0.4, 0.5) is 17.6 Å². The van der Waals surface area contributed by atoms with E-state index < -0.39 is 18.3 Å². The van der Waals surface area contributed by atoms with E-state index in [1.165, 1.54) is 26.4 Å². The Hall–Kier alpha value is -2.97. The summed E-state index contributed by atoms with van der Waals surface area (Å²) in [5.41, 5.74) is 1.17. The average molecular weight is 441 g/mol. The number of rotatable bonds is 8. The van der Waals surface area contributed by atoms with E-state index >= 15 is 0 Å². The van der Waals surface area contributed by atoms with Gasteiger partial charge >= 0.3 is 12.5 Å². The van der Waals surface area contributed by atoms with Gasteiger partial charge in [-0.1, -0.05) is 25.1 Å². The molecule has 0 bridgehead atoms. The van der Waals surface area contributed by atoms with Gasteiger partial charge in [-0.05, 0) is 36.2 Å². The first-order valence-corrected chi connectivity index (χ1v) is 9.63. The molecular formula is C22H23F4NO4. The molecule has 168 valence electrons. The molecule has 0 saturated carbocycles. The highest BCUT2D eigenvalue weighted by Gasteiger charge is 2.44. The van der Waals surface area contributed by atoms with Crippen LogP contribution in [0.3, 0.4) is 0 Å². The van der Waals surface area contributed by atoms with Crippen LogP contribution >= 0.6 is 0 Å². The van der Waals surface area contributed by atoms with E-state index in [1.807, 2.05) is 0 Å². The number of ether oxygens (including phenoxy) is 3. The van der Waals surface area contributed by atoms with E-state index in [2.05, 4.69) is 4.74 Å². The van der Waals surface area contributed by atoms with Crippen molar-refractivity contribution in [3.05, 3.63) is 53.6 Å². The molecule has 3 rings (SSSR count). The molecule has 0 radical (unpaired) electrons. The van der Waals surface area contributed by atoms with Crippen LogP contribution in [0.5, 0.6) is 17.2 Å². The van der Waals surface area contributed by atoms with Crippen molar-refractivity contribution < 1.29 is 36.6 Å². The van der Waals surface area contributed by atoms with Gasteiger partial charge in [-0.2, -0.15) is 17.6 Å². The Labute approximate surface area is 177 Å². The quantitative estimate of drug-likeness (QED) is 0.538. The van der Waals surface area contributed by atoms with Crippen LogP contribution in [0.15, 0.2) is 42.5 Å². The van der Waals surface area contributed by atoms with Gasteiger partial charge in [0.25, 0.3) is 0 Å². The van der Waals surface area contributed by atoms with Crippen LogP contribution in [0.1, 0.15) is 30.5 Å². The number of nitrogens with zero attached hydrogens (tertiary/aromatic N) is 1. The normalized spacial score (nSPS) is 19.1. The van der Waals surface area contributed by atoms with Crippen molar-refractivity contribution in [1.29, 1.82) is 0 Å². The van der Waals surface area contributed by atoms with Gasteiger partial charge in [0.15, 0.2) is 0 Å². The van der Waals surface area contributed by atoms with Crippen LogP contribution in [-0.4, -0.2) is 37.6 Å². The van der Waals surface area contributed by atoms with Crippen LogP contribution < -0.4 is 14.2 Å². The fraction of sp³-hybridized carbons (Fsp3) is 0.409. The number of hydrogen-bond donors (Lipinski definition) is 0. The van der Waals surface area contributed by atoms with Crippen molar-refractivity contribution in [3.8, 4) is 17.2 Å². The van der Waals surface area contributed by atoms with E-state index in [0.29, 0.717) is 29.0 Å². The molecule has 31 heavy (non-hydrogen) atoms. The second-order valence-electron chi connectivity index (χ2n) is 7.31. The highest BCUT2D eigenvalue weighted by Crippen LogP contribution is 2.45. The summed E-state index contributed by atoms with van der Waals surface area (Å²) >= 11 is 0. The molecule has 2 atom stereocenters. The zero-order valence-corrected chi connectivity index (χ0v) is 17.3. The Morgan fingerprint density at radius 2 is 1.71 bits per heavy atom. The van der Waals surface area contributed by atoms with Crippen molar-refractivity contribution >= 4 is 5.91 Å². The van der Waals surface area contributed by atoms with Gasteiger partial charge in [-0.25, -0.2) is 0 Å². The Bertz CT molecular complexity index is 915. The maximum Gasteiger partial charge on any atom is 0.461 e. The first-order chi connectivity index (χ1) is 14.7. The Balaban J connectivity index is 1.92. The van der Waals surface area contributed by atoms with Crippen LogP contribution in [-0.2, 0) is 11.3 Å². The average Bonchev–Trinajstić information content (AvgIpc) is 3.01. The molecule has 2 unspecified atom stereocenters. The third-order valence-corrected chi connectivity index (χ3v) is 5.22. The molecule has 0 aromatic heterocycles. The van der Waals surface area contributed by atoms with E-state index in [4.69, 9.17) is 9.47 Å². The van der Waals surface area contributed by atoms with Gasteiger partial charge in [0.2, 0.25) is 5.91 Å². The minimum atomic E-state index is -4.61. The van der Waals surface area contributed by atoms with E-state index in [0.717, 1.165) is 6.07 Å². The highest BCUT2D eigenvalue weighted by atomic mass is 19.3. The minimum Gasteiger partial charge on any atom is -0.496 e. The zero-order chi connectivity index (χ0) is 22.8. The summed E-state index contributed by atoms with van der Waals surface area (Å²) in [7, 11) is 3.04. The van der Waals surface area contributed by atoms with Gasteiger partial charge in [-0.3, -0.25) is 4.79 Å². The predicted octanol–water partition coefficient (Wildman–Crippen LogP) is 5.05. The van der Waals surface area contributed by atoms with Crippen molar-refractivity contribution in [3.63, 3.8) is 0 Å².